The minimum Gasteiger partial charge on any atom is -0.506 e. The maximum atomic E-state index is 10.7. The SMILES string of the molecule is COc1cccc(-n2cccc2[C@@H]2[C@@H](c3ccccn3)NC(=S)N2c2cc(Cl)ccc2O)c1. The number of nitrogens with one attached hydrogen (secondary N) is 1. The van der Waals surface area contributed by atoms with Crippen molar-refractivity contribution >= 4 is 34.6 Å². The van der Waals surface area contributed by atoms with Crippen LogP contribution in [0.5, 0.6) is 11.5 Å². The van der Waals surface area contributed by atoms with Crippen LogP contribution in [0.25, 0.3) is 5.69 Å². The van der Waals surface area contributed by atoms with Crippen molar-refractivity contribution in [3.63, 3.8) is 0 Å². The molecule has 2 atom stereocenters. The van der Waals surface area contributed by atoms with Crippen molar-refractivity contribution < 1.29 is 9.84 Å². The Morgan fingerprint density at radius 2 is 1.94 bits per heavy atom. The Kier molecular flexibility index (Phi) is 5.66. The van der Waals surface area contributed by atoms with E-state index >= 15 is 0 Å². The Balaban J connectivity index is 1.69. The van der Waals surface area contributed by atoms with Gasteiger partial charge in [-0.25, -0.2) is 0 Å². The maximum absolute atomic E-state index is 10.7. The molecule has 1 fully saturated rings. The molecule has 3 heterocycles. The van der Waals surface area contributed by atoms with Crippen LogP contribution in [-0.2, 0) is 0 Å². The van der Waals surface area contributed by atoms with E-state index in [1.54, 1.807) is 31.5 Å². The van der Waals surface area contributed by atoms with E-state index in [2.05, 4.69) is 14.9 Å². The van der Waals surface area contributed by atoms with Gasteiger partial charge in [0.05, 0.1) is 24.5 Å². The highest BCUT2D eigenvalue weighted by atomic mass is 35.5. The number of phenolic OH excluding ortho intramolecular Hbond substituents is 1. The third-order valence-electron chi connectivity index (χ3n) is 5.71. The Hall–Kier alpha value is -3.55. The fourth-order valence-electron chi connectivity index (χ4n) is 4.23. The van der Waals surface area contributed by atoms with Crippen LogP contribution in [0.2, 0.25) is 5.02 Å². The lowest BCUT2D eigenvalue weighted by molar-refractivity contribution is 0.414. The average molecular weight is 477 g/mol. The quantitative estimate of drug-likeness (QED) is 0.375. The molecule has 1 aliphatic rings. The maximum Gasteiger partial charge on any atom is 0.174 e. The normalized spacial score (nSPS) is 17.8. The number of rotatable bonds is 5. The molecule has 2 aromatic carbocycles. The van der Waals surface area contributed by atoms with E-state index in [1.165, 1.54) is 0 Å². The number of thiocarbonyl (C=S) groups is 1. The summed E-state index contributed by atoms with van der Waals surface area (Å²) in [7, 11) is 1.65. The summed E-state index contributed by atoms with van der Waals surface area (Å²) in [6.45, 7) is 0. The van der Waals surface area contributed by atoms with Gasteiger partial charge in [-0.3, -0.25) is 4.98 Å². The second-order valence-electron chi connectivity index (χ2n) is 7.63. The second kappa shape index (κ2) is 8.77. The number of aromatic nitrogens is 2. The summed E-state index contributed by atoms with van der Waals surface area (Å²) in [5, 5.41) is 15.1. The zero-order valence-corrected chi connectivity index (χ0v) is 19.3. The fraction of sp³-hybridized carbons (Fsp3) is 0.120. The molecule has 0 radical (unpaired) electrons. The molecule has 1 saturated heterocycles. The summed E-state index contributed by atoms with van der Waals surface area (Å²) < 4.78 is 7.52. The molecule has 0 amide bonds. The number of halogens is 1. The van der Waals surface area contributed by atoms with Crippen molar-refractivity contribution in [2.45, 2.75) is 12.1 Å². The van der Waals surface area contributed by atoms with E-state index in [4.69, 9.17) is 28.6 Å². The van der Waals surface area contributed by atoms with Crippen LogP contribution in [0.15, 0.2) is 85.2 Å². The van der Waals surface area contributed by atoms with Gasteiger partial charge in [-0.1, -0.05) is 23.7 Å². The van der Waals surface area contributed by atoms with Crippen LogP contribution in [0.3, 0.4) is 0 Å². The number of hydrogen-bond donors (Lipinski definition) is 2. The van der Waals surface area contributed by atoms with Crippen LogP contribution < -0.4 is 15.0 Å². The molecule has 0 unspecified atom stereocenters. The largest absolute Gasteiger partial charge is 0.506 e. The topological polar surface area (TPSA) is 62.5 Å². The second-order valence-corrected chi connectivity index (χ2v) is 8.46. The lowest BCUT2D eigenvalue weighted by atomic mass is 10.0. The Morgan fingerprint density at radius 3 is 2.73 bits per heavy atom. The zero-order chi connectivity index (χ0) is 22.9. The molecule has 166 valence electrons. The number of anilines is 1. The molecule has 2 N–H and O–H groups in total. The first-order valence-electron chi connectivity index (χ1n) is 10.4. The van der Waals surface area contributed by atoms with Crippen molar-refractivity contribution in [1.82, 2.24) is 14.9 Å². The van der Waals surface area contributed by atoms with E-state index < -0.39 is 0 Å². The van der Waals surface area contributed by atoms with Gasteiger partial charge >= 0.3 is 0 Å². The summed E-state index contributed by atoms with van der Waals surface area (Å²) in [6, 6.07) is 22.1. The molecule has 0 aliphatic carbocycles. The van der Waals surface area contributed by atoms with E-state index in [1.807, 2.05) is 65.7 Å². The minimum atomic E-state index is -0.307. The molecule has 6 nitrogen and oxygen atoms in total. The highest BCUT2D eigenvalue weighted by molar-refractivity contribution is 7.80. The number of nitrogens with zero attached hydrogens (tertiary/aromatic N) is 3. The van der Waals surface area contributed by atoms with Crippen molar-refractivity contribution in [3.8, 4) is 17.2 Å². The van der Waals surface area contributed by atoms with E-state index in [0.29, 0.717) is 15.8 Å². The summed E-state index contributed by atoms with van der Waals surface area (Å²) in [6.07, 6.45) is 3.76. The van der Waals surface area contributed by atoms with E-state index in [9.17, 15) is 5.11 Å². The lowest BCUT2D eigenvalue weighted by Gasteiger charge is -2.29. The fourth-order valence-corrected chi connectivity index (χ4v) is 4.74. The van der Waals surface area contributed by atoms with Crippen molar-refractivity contribution in [1.29, 1.82) is 0 Å². The molecule has 0 spiro atoms. The van der Waals surface area contributed by atoms with E-state index in [0.717, 1.165) is 22.8 Å². The Labute approximate surface area is 202 Å². The highest BCUT2D eigenvalue weighted by Crippen LogP contribution is 2.45. The smallest absolute Gasteiger partial charge is 0.174 e. The van der Waals surface area contributed by atoms with Crippen molar-refractivity contribution in [2.24, 2.45) is 0 Å². The summed E-state index contributed by atoms with van der Waals surface area (Å²) in [4.78, 5) is 6.49. The molecule has 0 bridgehead atoms. The summed E-state index contributed by atoms with van der Waals surface area (Å²) >= 11 is 12.1. The molecule has 1 aliphatic heterocycles. The van der Waals surface area contributed by atoms with Crippen molar-refractivity contribution in [2.75, 3.05) is 12.0 Å². The first-order valence-corrected chi connectivity index (χ1v) is 11.2. The average Bonchev–Trinajstić information content (AvgIpc) is 3.45. The molecule has 2 aromatic heterocycles. The van der Waals surface area contributed by atoms with Gasteiger partial charge in [0.25, 0.3) is 0 Å². The third kappa shape index (κ3) is 3.90. The predicted molar refractivity (Wildman–Crippen MR) is 133 cm³/mol. The monoisotopic (exact) mass is 476 g/mol. The van der Waals surface area contributed by atoms with Crippen LogP contribution in [-0.4, -0.2) is 26.9 Å². The van der Waals surface area contributed by atoms with Gasteiger partial charge in [-0.2, -0.15) is 0 Å². The summed E-state index contributed by atoms with van der Waals surface area (Å²) in [5.74, 6) is 0.854. The molecule has 4 aromatic rings. The molecule has 8 heteroatoms. The Bertz CT molecular complexity index is 1310. The van der Waals surface area contributed by atoms with Gasteiger partial charge in [0.1, 0.15) is 17.5 Å². The number of aromatic hydroxyl groups is 1. The number of pyridine rings is 1. The number of phenols is 1. The van der Waals surface area contributed by atoms with Gasteiger partial charge < -0.3 is 24.6 Å². The summed E-state index contributed by atoms with van der Waals surface area (Å²) in [5.41, 5.74) is 3.28. The third-order valence-corrected chi connectivity index (χ3v) is 6.26. The zero-order valence-electron chi connectivity index (χ0n) is 17.7. The van der Waals surface area contributed by atoms with Gasteiger partial charge in [0, 0.05) is 34.9 Å². The number of methoxy groups -OCH3 is 1. The minimum absolute atomic E-state index is 0.0923. The highest BCUT2D eigenvalue weighted by Gasteiger charge is 2.43. The van der Waals surface area contributed by atoms with Crippen LogP contribution in [0.4, 0.5) is 5.69 Å². The van der Waals surface area contributed by atoms with Crippen LogP contribution >= 0.6 is 23.8 Å². The first kappa shape index (κ1) is 21.3. The molecule has 5 rings (SSSR count). The van der Waals surface area contributed by atoms with Crippen molar-refractivity contribution in [3.05, 3.63) is 102 Å². The molecular formula is C25H21ClN4O2S. The van der Waals surface area contributed by atoms with E-state index in [-0.39, 0.29) is 17.8 Å². The predicted octanol–water partition coefficient (Wildman–Crippen LogP) is 5.42. The van der Waals surface area contributed by atoms with Gasteiger partial charge in [-0.05, 0) is 66.8 Å². The lowest BCUT2D eigenvalue weighted by Crippen LogP contribution is -2.30. The van der Waals surface area contributed by atoms with Crippen LogP contribution in [0, 0.1) is 0 Å². The number of hydrogen-bond acceptors (Lipinski definition) is 4. The standard InChI is InChI=1S/C25H21ClN4O2S/c1-32-18-7-4-6-17(15-18)29-13-5-9-20(29)24-23(19-8-2-3-12-27-19)28-25(33)30(24)21-14-16(26)10-11-22(21)31/h2-15,23-24,31H,1H3,(H,28,33)/t23-,24-/m1/s1. The van der Waals surface area contributed by atoms with Gasteiger partial charge in [-0.15, -0.1) is 0 Å². The number of ether oxygens (including phenoxy) is 1. The molecule has 33 heavy (non-hydrogen) atoms. The first-order chi connectivity index (χ1) is 16.1. The number of benzene rings is 2. The van der Waals surface area contributed by atoms with Crippen LogP contribution in [0.1, 0.15) is 23.5 Å². The Morgan fingerprint density at radius 1 is 1.06 bits per heavy atom. The molecule has 0 saturated carbocycles. The van der Waals surface area contributed by atoms with Gasteiger partial charge in [0.15, 0.2) is 5.11 Å². The molecular weight excluding hydrogens is 456 g/mol. The van der Waals surface area contributed by atoms with Gasteiger partial charge in [0.2, 0.25) is 0 Å².